The minimum atomic E-state index is -0.708. The highest BCUT2D eigenvalue weighted by molar-refractivity contribution is 5.69. The van der Waals surface area contributed by atoms with E-state index in [1.807, 2.05) is 31.2 Å². The highest BCUT2D eigenvalue weighted by Crippen LogP contribution is 2.17. The van der Waals surface area contributed by atoms with Crippen LogP contribution in [-0.2, 0) is 22.6 Å². The normalized spacial score (nSPS) is 10.7. The maximum absolute atomic E-state index is 13.2. The van der Waals surface area contributed by atoms with E-state index in [0.717, 1.165) is 15.7 Å². The summed E-state index contributed by atoms with van der Waals surface area (Å²) >= 11 is 0. The molecule has 0 amide bonds. The molecule has 0 spiro atoms. The molecule has 9 nitrogen and oxygen atoms in total. The Morgan fingerprint density at radius 3 is 2.41 bits per heavy atom. The maximum Gasteiger partial charge on any atom is 0.354 e. The van der Waals surface area contributed by atoms with Crippen LogP contribution in [0, 0.1) is 6.92 Å². The lowest BCUT2D eigenvalue weighted by Crippen LogP contribution is -2.42. The van der Waals surface area contributed by atoms with Crippen LogP contribution in [0.1, 0.15) is 30.9 Å². The van der Waals surface area contributed by atoms with Crippen molar-refractivity contribution in [2.45, 2.75) is 39.8 Å². The van der Waals surface area contributed by atoms with Gasteiger partial charge in [0.15, 0.2) is 0 Å². The van der Waals surface area contributed by atoms with Gasteiger partial charge in [-0.25, -0.2) is 14.2 Å². The zero-order valence-corrected chi connectivity index (χ0v) is 18.1. The molecule has 0 bridgehead atoms. The van der Waals surface area contributed by atoms with Crippen LogP contribution in [0.4, 0.5) is 11.6 Å². The monoisotopic (exact) mass is 438 g/mol. The summed E-state index contributed by atoms with van der Waals surface area (Å²) in [4.78, 5) is 41.5. The number of carbonyl (C=O) groups excluding carboxylic acids is 1. The van der Waals surface area contributed by atoms with Gasteiger partial charge in [0.2, 0.25) is 5.95 Å². The summed E-state index contributed by atoms with van der Waals surface area (Å²) in [5.41, 5.74) is 1.28. The standard InChI is InChI=1S/C23H26N4O5/c1-3-32-20(29)5-4-14-26-22(30)25-21(24-18-10-12-19(28)13-11-18)27(23(26)31)15-17-8-6-16(2)7-9-17/h6-13,28H,3-5,14-15H2,1-2H3,(H,24,25,30). The number of aromatic hydroxyl groups is 1. The molecular formula is C23H26N4O5. The zero-order valence-electron chi connectivity index (χ0n) is 18.1. The van der Waals surface area contributed by atoms with Gasteiger partial charge in [-0.2, -0.15) is 4.98 Å². The number of aromatic nitrogens is 3. The average Bonchev–Trinajstić information content (AvgIpc) is 2.76. The van der Waals surface area contributed by atoms with E-state index in [-0.39, 0.29) is 50.2 Å². The third-order valence-corrected chi connectivity index (χ3v) is 4.80. The minimum absolute atomic E-state index is 0.0524. The van der Waals surface area contributed by atoms with Crippen LogP contribution in [0.2, 0.25) is 0 Å². The fourth-order valence-corrected chi connectivity index (χ4v) is 3.12. The number of nitrogens with one attached hydrogen (secondary N) is 1. The molecule has 0 atom stereocenters. The van der Waals surface area contributed by atoms with Crippen LogP contribution < -0.4 is 16.7 Å². The predicted octanol–water partition coefficient (Wildman–Crippen LogP) is 2.55. The molecule has 32 heavy (non-hydrogen) atoms. The second kappa shape index (κ2) is 10.4. The number of hydrogen-bond donors (Lipinski definition) is 2. The molecule has 0 fully saturated rings. The smallest absolute Gasteiger partial charge is 0.354 e. The number of phenols is 1. The molecule has 0 saturated carbocycles. The van der Waals surface area contributed by atoms with Crippen molar-refractivity contribution in [1.82, 2.24) is 14.1 Å². The summed E-state index contributed by atoms with van der Waals surface area (Å²) in [6.45, 7) is 4.22. The molecule has 1 aromatic heterocycles. The highest BCUT2D eigenvalue weighted by atomic mass is 16.5. The molecule has 9 heteroatoms. The number of ether oxygens (including phenoxy) is 1. The molecule has 1 heterocycles. The first-order valence-electron chi connectivity index (χ1n) is 10.4. The number of nitrogens with zero attached hydrogens (tertiary/aromatic N) is 3. The Bertz CT molecular complexity index is 1180. The first-order chi connectivity index (χ1) is 15.4. The maximum atomic E-state index is 13.2. The average molecular weight is 438 g/mol. The first-order valence-corrected chi connectivity index (χ1v) is 10.4. The molecule has 2 aromatic carbocycles. The second-order valence-corrected chi connectivity index (χ2v) is 7.30. The van der Waals surface area contributed by atoms with Crippen LogP contribution in [0.5, 0.6) is 5.75 Å². The lowest BCUT2D eigenvalue weighted by atomic mass is 10.1. The van der Waals surface area contributed by atoms with Crippen molar-refractivity contribution in [3.8, 4) is 5.75 Å². The van der Waals surface area contributed by atoms with Crippen molar-refractivity contribution >= 4 is 17.6 Å². The van der Waals surface area contributed by atoms with Crippen molar-refractivity contribution < 1.29 is 14.6 Å². The number of carbonyl (C=O) groups is 1. The summed E-state index contributed by atoms with van der Waals surface area (Å²) in [7, 11) is 0. The largest absolute Gasteiger partial charge is 0.508 e. The van der Waals surface area contributed by atoms with Crippen molar-refractivity contribution in [2.75, 3.05) is 11.9 Å². The van der Waals surface area contributed by atoms with Gasteiger partial charge >= 0.3 is 17.3 Å². The Balaban J connectivity index is 1.94. The fourth-order valence-electron chi connectivity index (χ4n) is 3.12. The Kier molecular flexibility index (Phi) is 7.43. The summed E-state index contributed by atoms with van der Waals surface area (Å²) in [6, 6.07) is 13.9. The Morgan fingerprint density at radius 1 is 1.06 bits per heavy atom. The van der Waals surface area contributed by atoms with E-state index in [1.54, 1.807) is 19.1 Å². The lowest BCUT2D eigenvalue weighted by Gasteiger charge is -2.16. The van der Waals surface area contributed by atoms with E-state index in [1.165, 1.54) is 16.7 Å². The Hall–Kier alpha value is -3.88. The van der Waals surface area contributed by atoms with Crippen LogP contribution in [0.3, 0.4) is 0 Å². The van der Waals surface area contributed by atoms with Crippen molar-refractivity contribution in [1.29, 1.82) is 0 Å². The number of aryl methyl sites for hydroxylation is 1. The Labute approximate surface area is 184 Å². The van der Waals surface area contributed by atoms with Gasteiger partial charge in [0.1, 0.15) is 5.75 Å². The molecule has 0 unspecified atom stereocenters. The second-order valence-electron chi connectivity index (χ2n) is 7.30. The molecule has 0 aliphatic rings. The molecule has 0 aliphatic heterocycles. The third kappa shape index (κ3) is 5.84. The van der Waals surface area contributed by atoms with Crippen LogP contribution in [-0.4, -0.2) is 31.8 Å². The van der Waals surface area contributed by atoms with Gasteiger partial charge in [-0.05, 0) is 50.1 Å². The van der Waals surface area contributed by atoms with Crippen molar-refractivity contribution in [3.63, 3.8) is 0 Å². The molecule has 2 N–H and O–H groups in total. The predicted molar refractivity (Wildman–Crippen MR) is 120 cm³/mol. The summed E-state index contributed by atoms with van der Waals surface area (Å²) < 4.78 is 7.29. The summed E-state index contributed by atoms with van der Waals surface area (Å²) in [6.07, 6.45) is 0.385. The fraction of sp³-hybridized carbons (Fsp3) is 0.304. The summed E-state index contributed by atoms with van der Waals surface area (Å²) in [5.74, 6) is -0.190. The zero-order chi connectivity index (χ0) is 23.1. The van der Waals surface area contributed by atoms with E-state index in [2.05, 4.69) is 10.3 Å². The molecule has 0 aliphatic carbocycles. The quantitative estimate of drug-likeness (QED) is 0.390. The summed E-state index contributed by atoms with van der Waals surface area (Å²) in [5, 5.41) is 12.5. The first kappa shape index (κ1) is 22.8. The van der Waals surface area contributed by atoms with Crippen LogP contribution in [0.25, 0.3) is 0 Å². The van der Waals surface area contributed by atoms with E-state index in [4.69, 9.17) is 4.74 Å². The molecule has 3 rings (SSSR count). The van der Waals surface area contributed by atoms with Gasteiger partial charge in [0.05, 0.1) is 13.2 Å². The van der Waals surface area contributed by atoms with Gasteiger partial charge in [0.25, 0.3) is 0 Å². The lowest BCUT2D eigenvalue weighted by molar-refractivity contribution is -0.143. The van der Waals surface area contributed by atoms with Crippen molar-refractivity contribution in [3.05, 3.63) is 80.6 Å². The number of phenolic OH excluding ortho intramolecular Hbond substituents is 1. The highest BCUT2D eigenvalue weighted by Gasteiger charge is 2.15. The number of esters is 1. The SMILES string of the molecule is CCOC(=O)CCCn1c(=O)nc(Nc2ccc(O)cc2)n(Cc2ccc(C)cc2)c1=O. The van der Waals surface area contributed by atoms with E-state index in [9.17, 15) is 19.5 Å². The van der Waals surface area contributed by atoms with E-state index in [0.29, 0.717) is 5.69 Å². The van der Waals surface area contributed by atoms with Gasteiger partial charge in [-0.3, -0.25) is 9.36 Å². The van der Waals surface area contributed by atoms with Gasteiger partial charge in [-0.15, -0.1) is 0 Å². The minimum Gasteiger partial charge on any atom is -0.508 e. The van der Waals surface area contributed by atoms with Gasteiger partial charge in [0, 0.05) is 18.7 Å². The Morgan fingerprint density at radius 2 is 1.75 bits per heavy atom. The van der Waals surface area contributed by atoms with Crippen LogP contribution >= 0.6 is 0 Å². The molecular weight excluding hydrogens is 412 g/mol. The van der Waals surface area contributed by atoms with Crippen LogP contribution in [0.15, 0.2) is 58.1 Å². The number of hydrogen-bond acceptors (Lipinski definition) is 7. The molecule has 0 saturated heterocycles. The van der Waals surface area contributed by atoms with E-state index >= 15 is 0 Å². The number of rotatable bonds is 9. The molecule has 0 radical (unpaired) electrons. The van der Waals surface area contributed by atoms with Gasteiger partial charge in [-0.1, -0.05) is 29.8 Å². The third-order valence-electron chi connectivity index (χ3n) is 4.80. The topological polar surface area (TPSA) is 115 Å². The number of benzene rings is 2. The van der Waals surface area contributed by atoms with E-state index < -0.39 is 11.4 Å². The van der Waals surface area contributed by atoms with Crippen molar-refractivity contribution in [2.24, 2.45) is 0 Å². The molecule has 168 valence electrons. The molecule has 3 aromatic rings. The van der Waals surface area contributed by atoms with Gasteiger partial charge < -0.3 is 15.2 Å². The number of anilines is 2.